The van der Waals surface area contributed by atoms with Gasteiger partial charge in [-0.05, 0) is 24.3 Å². The first-order valence-corrected chi connectivity index (χ1v) is 10.2. The highest BCUT2D eigenvalue weighted by molar-refractivity contribution is 7.91. The van der Waals surface area contributed by atoms with Crippen LogP contribution >= 0.6 is 0 Å². The molecule has 0 aliphatic rings. The van der Waals surface area contributed by atoms with Crippen LogP contribution in [0.25, 0.3) is 0 Å². The molecule has 0 spiro atoms. The first-order chi connectivity index (χ1) is 14.4. The maximum atomic E-state index is 13.5. The number of carbonyl (C=O) groups is 4. The fraction of sp³-hybridized carbons (Fsp3) is 0.200. The molecule has 0 radical (unpaired) electrons. The van der Waals surface area contributed by atoms with Crippen molar-refractivity contribution in [2.75, 3.05) is 0 Å². The Morgan fingerprint density at radius 3 is 1.19 bits per heavy atom. The molecule has 164 valence electrons. The largest absolute Gasteiger partial charge is 0.423 e. The number of para-hydroxylation sites is 2. The lowest BCUT2D eigenvalue weighted by atomic mass is 10.3. The lowest BCUT2D eigenvalue weighted by molar-refractivity contribution is -0.134. The summed E-state index contributed by atoms with van der Waals surface area (Å²) >= 11 is 0. The third-order valence-corrected chi connectivity index (χ3v) is 5.26. The molecule has 10 nitrogen and oxygen atoms in total. The van der Waals surface area contributed by atoms with Crippen molar-refractivity contribution in [2.24, 2.45) is 0 Å². The van der Waals surface area contributed by atoms with Crippen LogP contribution in [0.5, 0.6) is 23.0 Å². The maximum Gasteiger partial charge on any atom is 0.308 e. The second-order valence-corrected chi connectivity index (χ2v) is 7.93. The van der Waals surface area contributed by atoms with Gasteiger partial charge in [0.05, 0.1) is 0 Å². The molecule has 0 N–H and O–H groups in total. The predicted molar refractivity (Wildman–Crippen MR) is 104 cm³/mol. The molecular formula is C20H18O10S. The fourth-order valence-electron chi connectivity index (χ4n) is 2.49. The third kappa shape index (κ3) is 5.66. The summed E-state index contributed by atoms with van der Waals surface area (Å²) in [6, 6.07) is 7.22. The van der Waals surface area contributed by atoms with Gasteiger partial charge >= 0.3 is 23.9 Å². The second kappa shape index (κ2) is 9.39. The van der Waals surface area contributed by atoms with Crippen LogP contribution in [0.2, 0.25) is 0 Å². The summed E-state index contributed by atoms with van der Waals surface area (Å²) in [6.45, 7) is 4.24. The van der Waals surface area contributed by atoms with Crippen molar-refractivity contribution in [1.82, 2.24) is 0 Å². The Balaban J connectivity index is 2.80. The van der Waals surface area contributed by atoms with Crippen molar-refractivity contribution in [3.63, 3.8) is 0 Å². The van der Waals surface area contributed by atoms with Gasteiger partial charge in [-0.15, -0.1) is 0 Å². The van der Waals surface area contributed by atoms with Crippen molar-refractivity contribution in [3.8, 4) is 23.0 Å². The Hall–Kier alpha value is -3.73. The highest BCUT2D eigenvalue weighted by Crippen LogP contribution is 2.42. The molecule has 0 amide bonds. The number of esters is 4. The smallest absolute Gasteiger partial charge is 0.308 e. The van der Waals surface area contributed by atoms with Crippen LogP contribution in [-0.4, -0.2) is 32.3 Å². The number of hydrogen-bond acceptors (Lipinski definition) is 10. The van der Waals surface area contributed by atoms with E-state index in [1.54, 1.807) is 0 Å². The summed E-state index contributed by atoms with van der Waals surface area (Å²) in [5.41, 5.74) is 0. The van der Waals surface area contributed by atoms with Gasteiger partial charge in [-0.3, -0.25) is 19.2 Å². The standard InChI is InChI=1S/C20H18O10S/c1-11(21)27-15-7-5-9-17(19(15)29-13(3)23)31(25,26)18-10-6-8-16(28-12(2)22)20(18)30-14(4)24/h5-10H,1-4H3. The van der Waals surface area contributed by atoms with Crippen molar-refractivity contribution >= 4 is 33.7 Å². The quantitative estimate of drug-likeness (QED) is 0.475. The molecule has 0 aromatic heterocycles. The van der Waals surface area contributed by atoms with Crippen LogP contribution < -0.4 is 18.9 Å². The zero-order valence-electron chi connectivity index (χ0n) is 17.0. The Morgan fingerprint density at radius 2 is 0.903 bits per heavy atom. The molecule has 2 aromatic rings. The van der Waals surface area contributed by atoms with Gasteiger partial charge in [0.25, 0.3) is 0 Å². The lowest BCUT2D eigenvalue weighted by Gasteiger charge is -2.16. The molecule has 0 saturated heterocycles. The molecule has 31 heavy (non-hydrogen) atoms. The van der Waals surface area contributed by atoms with E-state index in [9.17, 15) is 27.6 Å². The molecule has 0 aliphatic heterocycles. The highest BCUT2D eigenvalue weighted by atomic mass is 32.2. The monoisotopic (exact) mass is 450 g/mol. The SMILES string of the molecule is CC(=O)Oc1cccc(S(=O)(=O)c2cccc(OC(C)=O)c2OC(C)=O)c1OC(C)=O. The van der Waals surface area contributed by atoms with Crippen molar-refractivity contribution in [2.45, 2.75) is 37.5 Å². The molecule has 0 heterocycles. The van der Waals surface area contributed by atoms with E-state index in [2.05, 4.69) is 0 Å². The number of rotatable bonds is 6. The van der Waals surface area contributed by atoms with Crippen molar-refractivity contribution in [1.29, 1.82) is 0 Å². The lowest BCUT2D eigenvalue weighted by Crippen LogP contribution is -2.14. The van der Waals surface area contributed by atoms with Crippen molar-refractivity contribution in [3.05, 3.63) is 36.4 Å². The van der Waals surface area contributed by atoms with Crippen LogP contribution in [0.1, 0.15) is 27.7 Å². The Bertz CT molecular complexity index is 1080. The van der Waals surface area contributed by atoms with Crippen LogP contribution in [0.4, 0.5) is 0 Å². The molecule has 0 fully saturated rings. The Labute approximate surface area is 177 Å². The van der Waals surface area contributed by atoms with E-state index in [0.29, 0.717) is 0 Å². The summed E-state index contributed by atoms with van der Waals surface area (Å²) in [7, 11) is -4.55. The first kappa shape index (κ1) is 23.5. The maximum absolute atomic E-state index is 13.5. The number of carbonyl (C=O) groups excluding carboxylic acids is 4. The first-order valence-electron chi connectivity index (χ1n) is 8.68. The van der Waals surface area contributed by atoms with E-state index >= 15 is 0 Å². The van der Waals surface area contributed by atoms with Crippen LogP contribution in [0.15, 0.2) is 46.2 Å². The molecular weight excluding hydrogens is 432 g/mol. The average Bonchev–Trinajstić information content (AvgIpc) is 2.62. The van der Waals surface area contributed by atoms with Crippen molar-refractivity contribution < 1.29 is 46.5 Å². The van der Waals surface area contributed by atoms with E-state index in [1.165, 1.54) is 24.3 Å². The minimum atomic E-state index is -4.55. The fourth-order valence-corrected chi connectivity index (χ4v) is 4.02. The summed E-state index contributed by atoms with van der Waals surface area (Å²) in [6.07, 6.45) is 0. The van der Waals surface area contributed by atoms with Gasteiger partial charge < -0.3 is 18.9 Å². The van der Waals surface area contributed by atoms with Gasteiger partial charge in [-0.1, -0.05) is 12.1 Å². The topological polar surface area (TPSA) is 139 Å². The average molecular weight is 450 g/mol. The van der Waals surface area contributed by atoms with Gasteiger partial charge in [0.2, 0.25) is 9.84 Å². The van der Waals surface area contributed by atoms with Gasteiger partial charge in [0.1, 0.15) is 9.79 Å². The zero-order chi connectivity index (χ0) is 23.3. The van der Waals surface area contributed by atoms with E-state index < -0.39 is 55.0 Å². The summed E-state index contributed by atoms with van der Waals surface area (Å²) < 4.78 is 46.8. The van der Waals surface area contributed by atoms with Crippen LogP contribution in [-0.2, 0) is 29.0 Å². The summed E-state index contributed by atoms with van der Waals surface area (Å²) in [4.78, 5) is 44.8. The van der Waals surface area contributed by atoms with E-state index in [-0.39, 0.29) is 11.5 Å². The minimum Gasteiger partial charge on any atom is -0.423 e. The molecule has 2 rings (SSSR count). The van der Waals surface area contributed by atoms with Gasteiger partial charge in [0.15, 0.2) is 23.0 Å². The third-order valence-electron chi connectivity index (χ3n) is 3.46. The predicted octanol–water partition coefficient (Wildman–Crippen LogP) is 2.22. The molecule has 0 unspecified atom stereocenters. The Kier molecular flexibility index (Phi) is 7.13. The molecule has 0 saturated carbocycles. The normalized spacial score (nSPS) is 10.7. The minimum absolute atomic E-state index is 0.311. The van der Waals surface area contributed by atoms with Gasteiger partial charge in [-0.2, -0.15) is 0 Å². The molecule has 11 heteroatoms. The number of hydrogen-bond donors (Lipinski definition) is 0. The molecule has 0 bridgehead atoms. The molecule has 0 aliphatic carbocycles. The Morgan fingerprint density at radius 1 is 0.581 bits per heavy atom. The van der Waals surface area contributed by atoms with Gasteiger partial charge in [-0.25, -0.2) is 8.42 Å². The molecule has 2 aromatic carbocycles. The number of sulfone groups is 1. The number of ether oxygens (including phenoxy) is 4. The molecule has 0 atom stereocenters. The van der Waals surface area contributed by atoms with E-state index in [1.807, 2.05) is 0 Å². The van der Waals surface area contributed by atoms with E-state index in [0.717, 1.165) is 39.8 Å². The second-order valence-electron chi connectivity index (χ2n) is 6.04. The summed E-state index contributed by atoms with van der Waals surface area (Å²) in [5, 5.41) is 0. The van der Waals surface area contributed by atoms with E-state index in [4.69, 9.17) is 18.9 Å². The van der Waals surface area contributed by atoms with Gasteiger partial charge in [0, 0.05) is 27.7 Å². The van der Waals surface area contributed by atoms with Crippen LogP contribution in [0, 0.1) is 0 Å². The zero-order valence-corrected chi connectivity index (χ0v) is 17.8. The van der Waals surface area contributed by atoms with Crippen LogP contribution in [0.3, 0.4) is 0 Å². The number of benzene rings is 2. The summed E-state index contributed by atoms with van der Waals surface area (Å²) in [5.74, 6) is -4.98. The highest BCUT2D eigenvalue weighted by Gasteiger charge is 2.31.